The molecule has 0 spiro atoms. The largest absolute Gasteiger partial charge is 4.00 e. The molecule has 0 radical (unpaired) electrons. The Morgan fingerprint density at radius 1 is 0.595 bits per heavy atom. The Hall–Kier alpha value is -1.98. The normalized spacial score (nSPS) is 12.8. The van der Waals surface area contributed by atoms with Gasteiger partial charge in [-0.15, -0.1) is 25.0 Å². The van der Waals surface area contributed by atoms with Crippen molar-refractivity contribution in [3.8, 4) is 11.5 Å². The minimum atomic E-state index is -1.56. The van der Waals surface area contributed by atoms with Crippen molar-refractivity contribution in [1.82, 2.24) is 0 Å². The number of hydrogen-bond acceptors (Lipinski definition) is 2. The number of allylic oxidation sites excluding steroid dienone is 8. The molecule has 0 saturated carbocycles. The van der Waals surface area contributed by atoms with E-state index < -0.39 is 76.6 Å². The van der Waals surface area contributed by atoms with Crippen LogP contribution in [0.4, 0.5) is 35.1 Å². The van der Waals surface area contributed by atoms with Crippen LogP contribution in [-0.4, -0.2) is 38.1 Å². The minimum absolute atomic E-state index is 0. The molecule has 0 unspecified atom stereocenters. The predicted molar refractivity (Wildman–Crippen MR) is 132 cm³/mol. The third kappa shape index (κ3) is 12.0. The van der Waals surface area contributed by atoms with Crippen molar-refractivity contribution in [2.24, 2.45) is 0 Å². The van der Waals surface area contributed by atoms with Crippen LogP contribution < -0.4 is 8.85 Å². The van der Waals surface area contributed by atoms with E-state index in [-0.39, 0.29) is 21.7 Å². The van der Waals surface area contributed by atoms with Gasteiger partial charge in [0.05, 0.1) is 58.0 Å². The Morgan fingerprint density at radius 3 is 1.05 bits per heavy atom. The maximum Gasteiger partial charge on any atom is 4.00 e. The average molecular weight is 629 g/mol. The fourth-order valence-corrected chi connectivity index (χ4v) is 5.04. The first kappa shape index (κ1) is 35.0. The average Bonchev–Trinajstić information content (AvgIpc) is 3.62. The van der Waals surface area contributed by atoms with E-state index in [0.717, 1.165) is 12.8 Å². The molecule has 0 amide bonds. The predicted octanol–water partition coefficient (Wildman–Crippen LogP) is 2.18. The molecule has 0 bridgehead atoms. The molecule has 2 aliphatic carbocycles. The fraction of sp³-hybridized carbons (Fsp3) is 0.0909. The minimum Gasteiger partial charge on any atom is -0.568 e. The van der Waals surface area contributed by atoms with Crippen LogP contribution in [0.15, 0.2) is 36.5 Å². The van der Waals surface area contributed by atoms with E-state index in [9.17, 15) is 35.1 Å². The molecular weight excluding hydrogens is 608 g/mol. The quantitative estimate of drug-likeness (QED) is 0.224. The molecule has 0 aromatic heterocycles. The summed E-state index contributed by atoms with van der Waals surface area (Å²) < 4.78 is 110. The maximum absolute atomic E-state index is 12.7. The number of hydrogen-bond donors (Lipinski definition) is 0. The third-order valence-electron chi connectivity index (χ3n) is 3.76. The zero-order valence-electron chi connectivity index (χ0n) is 19.6. The molecule has 0 saturated heterocycles. The molecule has 0 atom stereocenters. The molecule has 0 aliphatic heterocycles. The number of halogens is 8. The Balaban J connectivity index is 0.000000502. The Kier molecular flexibility index (Phi) is 18.1. The van der Waals surface area contributed by atoms with Gasteiger partial charge in [0.15, 0.2) is 18.6 Å². The van der Waals surface area contributed by atoms with Gasteiger partial charge in [-0.05, 0) is 0 Å². The summed E-state index contributed by atoms with van der Waals surface area (Å²) in [4.78, 5) is 0. The summed E-state index contributed by atoms with van der Waals surface area (Å²) in [6, 6.07) is 2.54. The van der Waals surface area contributed by atoms with E-state index in [4.69, 9.17) is 0 Å². The van der Waals surface area contributed by atoms with Gasteiger partial charge in [-0.2, -0.15) is 12.2 Å². The molecule has 15 heteroatoms. The monoisotopic (exact) mass is 628 g/mol. The summed E-state index contributed by atoms with van der Waals surface area (Å²) in [6.07, 6.45) is 20.0. The van der Waals surface area contributed by atoms with Crippen molar-refractivity contribution >= 4 is 38.1 Å². The summed E-state index contributed by atoms with van der Waals surface area (Å²) >= 11 is 0. The van der Waals surface area contributed by atoms with Gasteiger partial charge in [0.2, 0.25) is 0 Å². The summed E-state index contributed by atoms with van der Waals surface area (Å²) in [6.45, 7) is 0. The summed E-state index contributed by atoms with van der Waals surface area (Å²) in [7, 11) is -0.807. The maximum atomic E-state index is 12.7. The summed E-state index contributed by atoms with van der Waals surface area (Å²) in [5.74, 6) is -14.2. The van der Waals surface area contributed by atoms with Crippen molar-refractivity contribution in [2.75, 3.05) is 0 Å². The van der Waals surface area contributed by atoms with Gasteiger partial charge in [0.25, 0.3) is 0 Å². The van der Waals surface area contributed by atoms with E-state index in [1.54, 1.807) is 0 Å². The molecule has 2 aliphatic rings. The molecule has 2 aromatic carbocycles. The van der Waals surface area contributed by atoms with Crippen molar-refractivity contribution in [3.05, 3.63) is 107 Å². The molecule has 0 fully saturated rings. The first-order chi connectivity index (χ1) is 17.1. The van der Waals surface area contributed by atoms with Crippen LogP contribution in [0.5, 0.6) is 11.5 Å². The van der Waals surface area contributed by atoms with E-state index in [1.807, 2.05) is 24.3 Å². The van der Waals surface area contributed by atoms with Gasteiger partial charge >= 0.3 is 21.7 Å². The van der Waals surface area contributed by atoms with E-state index >= 15 is 0 Å². The fourth-order valence-electron chi connectivity index (χ4n) is 2.23. The second-order valence-corrected chi connectivity index (χ2v) is 11.5. The van der Waals surface area contributed by atoms with Gasteiger partial charge in [0, 0.05) is 19.5 Å². The van der Waals surface area contributed by atoms with Gasteiger partial charge in [-0.3, -0.25) is 29.7 Å². The molecule has 2 aromatic rings. The standard InChI is InChI=1S/2C6H5F4OSi2.2C5H5.Ti/c2*7-2-1-3(8)5(10)6(4(2)9)11-13-12;2*1-2-4-5-3-1;/h2*13H2,12H3;2*1-3H,4H2;/q4*-1;+4. The molecule has 4 rings (SSSR count). The number of benzene rings is 2. The van der Waals surface area contributed by atoms with Crippen molar-refractivity contribution in [2.45, 2.75) is 12.8 Å². The van der Waals surface area contributed by atoms with Crippen LogP contribution in [0.2, 0.25) is 0 Å². The van der Waals surface area contributed by atoms with Gasteiger partial charge in [-0.25, -0.2) is 41.9 Å². The van der Waals surface area contributed by atoms with Crippen LogP contribution in [0.1, 0.15) is 12.8 Å². The van der Waals surface area contributed by atoms with Crippen molar-refractivity contribution < 1.29 is 65.7 Å². The molecule has 37 heavy (non-hydrogen) atoms. The third-order valence-corrected chi connectivity index (χ3v) is 6.64. The topological polar surface area (TPSA) is 18.5 Å². The first-order valence-electron chi connectivity index (χ1n) is 10.3. The van der Waals surface area contributed by atoms with Crippen molar-refractivity contribution in [1.29, 1.82) is 0 Å². The van der Waals surface area contributed by atoms with E-state index in [0.29, 0.717) is 19.5 Å². The van der Waals surface area contributed by atoms with Crippen LogP contribution in [-0.2, 0) is 21.7 Å². The summed E-state index contributed by atoms with van der Waals surface area (Å²) in [5, 5.41) is 0. The second-order valence-electron chi connectivity index (χ2n) is 6.29. The molecule has 0 N–H and O–H groups in total. The second kappa shape index (κ2) is 19.1. The molecular formula is C22H20F8O2Si4Ti. The molecule has 2 nitrogen and oxygen atoms in total. The molecule has 0 heterocycles. The zero-order valence-corrected chi connectivity index (χ0v) is 28.0. The smallest absolute Gasteiger partial charge is 0.568 e. The number of rotatable bonds is 4. The van der Waals surface area contributed by atoms with Crippen LogP contribution in [0.25, 0.3) is 0 Å². The Bertz CT molecular complexity index is 971. The van der Waals surface area contributed by atoms with E-state index in [1.165, 1.54) is 12.1 Å². The van der Waals surface area contributed by atoms with E-state index in [2.05, 4.69) is 33.2 Å². The Morgan fingerprint density at radius 2 is 0.892 bits per heavy atom. The van der Waals surface area contributed by atoms with Crippen LogP contribution >= 0.6 is 0 Å². The van der Waals surface area contributed by atoms with Gasteiger partial charge in [-0.1, -0.05) is 0 Å². The van der Waals surface area contributed by atoms with Crippen LogP contribution in [0, 0.1) is 70.8 Å². The first-order valence-corrected chi connectivity index (χ1v) is 22.8. The van der Waals surface area contributed by atoms with Crippen LogP contribution in [0.3, 0.4) is 0 Å². The SMILES string of the molecule is Fc1[c-]c(F)c(F)c(O[SiH2][SiH3])c1F.Fc1[c-]c(F)c(F)c(O[SiH2][SiH3])c1F.[C-]1=CC=CC1.[C-]1=CC=CC1.[Ti+4]. The van der Waals surface area contributed by atoms with Crippen molar-refractivity contribution in [3.63, 3.8) is 0 Å². The van der Waals surface area contributed by atoms with Gasteiger partial charge < -0.3 is 8.85 Å². The molecule has 196 valence electrons. The van der Waals surface area contributed by atoms with Gasteiger partial charge in [0.1, 0.15) is 0 Å². The zero-order chi connectivity index (χ0) is 27.1. The summed E-state index contributed by atoms with van der Waals surface area (Å²) in [5.41, 5.74) is 0. The Labute approximate surface area is 234 Å².